The molecule has 2 amide bonds. The van der Waals surface area contributed by atoms with Crippen LogP contribution in [0.2, 0.25) is 5.02 Å². The third kappa shape index (κ3) is 4.20. The van der Waals surface area contributed by atoms with E-state index in [1.807, 2.05) is 39.0 Å². The van der Waals surface area contributed by atoms with Gasteiger partial charge in [0.15, 0.2) is 0 Å². The number of fused-ring (bicyclic) bond motifs is 2. The molecule has 9 heteroatoms. The number of rotatable bonds is 5. The van der Waals surface area contributed by atoms with E-state index in [0.29, 0.717) is 23.9 Å². The van der Waals surface area contributed by atoms with Gasteiger partial charge in [-0.25, -0.2) is 0 Å². The summed E-state index contributed by atoms with van der Waals surface area (Å²) < 4.78 is 3.97. The maximum Gasteiger partial charge on any atom is 0.311 e. The molecular weight excluding hydrogens is 524 g/mol. The molecule has 1 aromatic carbocycles. The molecule has 1 N–H and O–H groups in total. The second-order valence-electron chi connectivity index (χ2n) is 10.9. The minimum Gasteiger partial charge on any atom is -0.465 e. The largest absolute Gasteiger partial charge is 0.465 e. The maximum atomic E-state index is 14.5. The fraction of sp³-hybridized carbons (Fsp3) is 0.552. The van der Waals surface area contributed by atoms with Gasteiger partial charge < -0.3 is 19.6 Å². The van der Waals surface area contributed by atoms with E-state index in [1.165, 1.54) is 11.8 Å². The van der Waals surface area contributed by atoms with Gasteiger partial charge >= 0.3 is 5.97 Å². The minimum absolute atomic E-state index is 0.0485. The zero-order valence-corrected chi connectivity index (χ0v) is 23.6. The van der Waals surface area contributed by atoms with E-state index in [1.54, 1.807) is 34.1 Å². The predicted octanol–water partition coefficient (Wildman–Crippen LogP) is 4.23. The average Bonchev–Trinajstić information content (AvgIpc) is 3.24. The van der Waals surface area contributed by atoms with Crippen molar-refractivity contribution in [1.29, 1.82) is 0 Å². The molecule has 1 spiro atoms. The number of esters is 1. The molecule has 1 unspecified atom stereocenters. The Hall–Kier alpha value is -2.29. The van der Waals surface area contributed by atoms with E-state index in [0.717, 1.165) is 19.3 Å². The van der Waals surface area contributed by atoms with Crippen molar-refractivity contribution in [3.63, 3.8) is 0 Å². The number of ether oxygens (including phenoxy) is 1. The molecule has 4 aliphatic heterocycles. The van der Waals surface area contributed by atoms with Gasteiger partial charge in [-0.05, 0) is 49.9 Å². The van der Waals surface area contributed by atoms with Gasteiger partial charge in [-0.15, -0.1) is 11.8 Å². The van der Waals surface area contributed by atoms with Gasteiger partial charge in [-0.3, -0.25) is 14.4 Å². The summed E-state index contributed by atoms with van der Waals surface area (Å²) in [5, 5.41) is 11.1. The topological polar surface area (TPSA) is 87.2 Å². The zero-order chi connectivity index (χ0) is 27.2. The molecule has 4 aliphatic rings. The average molecular weight is 559 g/mol. The van der Waals surface area contributed by atoms with Crippen LogP contribution in [-0.2, 0) is 19.1 Å². The molecule has 0 bridgehead atoms. The van der Waals surface area contributed by atoms with Crippen LogP contribution >= 0.6 is 23.4 Å². The summed E-state index contributed by atoms with van der Waals surface area (Å²) in [6.45, 7) is 6.32. The van der Waals surface area contributed by atoms with Crippen molar-refractivity contribution in [2.75, 3.05) is 24.7 Å². The van der Waals surface area contributed by atoms with Gasteiger partial charge in [0.2, 0.25) is 5.91 Å². The number of hydrogen-bond acceptors (Lipinski definition) is 6. The van der Waals surface area contributed by atoms with Crippen molar-refractivity contribution in [3.8, 4) is 0 Å². The number of halogens is 1. The number of amides is 2. The quantitative estimate of drug-likeness (QED) is 0.430. The lowest BCUT2D eigenvalue weighted by atomic mass is 9.74. The number of cyclic esters (lactones) is 1. The first-order chi connectivity index (χ1) is 18.2. The Morgan fingerprint density at radius 2 is 1.87 bits per heavy atom. The van der Waals surface area contributed by atoms with Crippen LogP contribution in [0.5, 0.6) is 0 Å². The lowest BCUT2D eigenvalue weighted by Gasteiger charge is -2.41. The molecule has 0 aliphatic carbocycles. The SMILES string of the molecule is CC[C@H](C)[C@H](CO)N1C(=O)[C@@H]2[C@@H]3C(=O)OCCC/C=C\[C@]3(C)S[C@@]23C=CCN(c2ccc(Cl)cc2)C(=O)C13. The van der Waals surface area contributed by atoms with Gasteiger partial charge in [0, 0.05) is 22.0 Å². The van der Waals surface area contributed by atoms with Gasteiger partial charge in [0.05, 0.1) is 35.8 Å². The maximum absolute atomic E-state index is 14.5. The Morgan fingerprint density at radius 1 is 1.13 bits per heavy atom. The first-order valence-electron chi connectivity index (χ1n) is 13.4. The van der Waals surface area contributed by atoms with Crippen molar-refractivity contribution in [3.05, 3.63) is 53.6 Å². The highest BCUT2D eigenvalue weighted by atomic mass is 35.5. The van der Waals surface area contributed by atoms with E-state index < -0.39 is 39.4 Å². The van der Waals surface area contributed by atoms with Crippen LogP contribution in [-0.4, -0.2) is 69.1 Å². The number of allylic oxidation sites excluding steroid dienone is 1. The minimum atomic E-state index is -0.988. The van der Waals surface area contributed by atoms with E-state index in [2.05, 4.69) is 6.08 Å². The Labute approximate surface area is 233 Å². The first kappa shape index (κ1) is 27.3. The van der Waals surface area contributed by atoms with Crippen LogP contribution in [0.15, 0.2) is 48.6 Å². The van der Waals surface area contributed by atoms with Crippen molar-refractivity contribution >= 4 is 46.8 Å². The van der Waals surface area contributed by atoms with Crippen LogP contribution in [0.3, 0.4) is 0 Å². The Morgan fingerprint density at radius 3 is 2.55 bits per heavy atom. The van der Waals surface area contributed by atoms with Gasteiger partial charge in [-0.2, -0.15) is 0 Å². The van der Waals surface area contributed by atoms with Crippen molar-refractivity contribution < 1.29 is 24.2 Å². The van der Waals surface area contributed by atoms with E-state index in [9.17, 15) is 19.5 Å². The van der Waals surface area contributed by atoms with Crippen molar-refractivity contribution in [1.82, 2.24) is 4.90 Å². The Balaban J connectivity index is 1.69. The molecule has 2 fully saturated rings. The normalized spacial score (nSPS) is 35.3. The zero-order valence-electron chi connectivity index (χ0n) is 22.0. The van der Waals surface area contributed by atoms with Crippen LogP contribution in [0.4, 0.5) is 5.69 Å². The lowest BCUT2D eigenvalue weighted by molar-refractivity contribution is -0.154. The van der Waals surface area contributed by atoms with E-state index in [-0.39, 0.29) is 24.3 Å². The molecule has 5 rings (SSSR count). The van der Waals surface area contributed by atoms with Gasteiger partial charge in [-0.1, -0.05) is 56.2 Å². The number of likely N-dealkylation sites (tertiary alicyclic amines) is 1. The molecule has 204 valence electrons. The molecule has 0 radical (unpaired) electrons. The molecule has 38 heavy (non-hydrogen) atoms. The number of anilines is 1. The number of hydrogen-bond donors (Lipinski definition) is 1. The molecular formula is C29H35ClN2O5S. The lowest BCUT2D eigenvalue weighted by Crippen LogP contribution is -2.58. The monoisotopic (exact) mass is 558 g/mol. The standard InChI is InChI=1S/C29H35ClN2O5S/c1-4-18(2)21(17-33)32-24-26(35)31(20-11-9-19(30)10-12-20)15-8-14-29(24)22(25(32)34)23-27(36)37-16-7-5-6-13-28(23,3)38-29/h6,8-14,18,21-24,33H,4-5,7,15-17H2,1-3H3/b13-6-/t18-,21-,22-,23+,24?,28-,29-/m0/s1. The smallest absolute Gasteiger partial charge is 0.311 e. The van der Waals surface area contributed by atoms with Gasteiger partial charge in [0.25, 0.3) is 5.91 Å². The van der Waals surface area contributed by atoms with Crippen molar-refractivity contribution in [2.24, 2.45) is 17.8 Å². The first-order valence-corrected chi connectivity index (χ1v) is 14.6. The Kier molecular flexibility index (Phi) is 7.44. The summed E-state index contributed by atoms with van der Waals surface area (Å²) in [4.78, 5) is 45.9. The molecule has 0 aromatic heterocycles. The molecule has 7 nitrogen and oxygen atoms in total. The summed E-state index contributed by atoms with van der Waals surface area (Å²) in [7, 11) is 0. The fourth-order valence-electron chi connectivity index (χ4n) is 6.60. The van der Waals surface area contributed by atoms with E-state index >= 15 is 0 Å². The highest BCUT2D eigenvalue weighted by molar-refractivity contribution is 8.02. The second-order valence-corrected chi connectivity index (χ2v) is 13.1. The highest BCUT2D eigenvalue weighted by Crippen LogP contribution is 2.65. The third-order valence-electron chi connectivity index (χ3n) is 8.67. The number of aliphatic hydroxyl groups excluding tert-OH is 1. The van der Waals surface area contributed by atoms with Crippen LogP contribution in [0.25, 0.3) is 0 Å². The summed E-state index contributed by atoms with van der Waals surface area (Å²) >= 11 is 7.64. The third-order valence-corrected chi connectivity index (χ3v) is 10.7. The van der Waals surface area contributed by atoms with Crippen LogP contribution in [0.1, 0.15) is 40.0 Å². The van der Waals surface area contributed by atoms with E-state index in [4.69, 9.17) is 16.3 Å². The summed E-state index contributed by atoms with van der Waals surface area (Å²) in [6, 6.07) is 5.62. The number of carbonyl (C=O) groups is 3. The number of carbonyl (C=O) groups excluding carboxylic acids is 3. The highest BCUT2D eigenvalue weighted by Gasteiger charge is 2.74. The number of aliphatic hydroxyl groups is 1. The molecule has 4 heterocycles. The number of thioether (sulfide) groups is 1. The molecule has 7 atom stereocenters. The Bertz CT molecular complexity index is 1170. The number of benzene rings is 1. The summed E-state index contributed by atoms with van der Waals surface area (Å²) in [5.41, 5.74) is 0.678. The second kappa shape index (κ2) is 10.4. The molecule has 2 saturated heterocycles. The van der Waals surface area contributed by atoms with Crippen molar-refractivity contribution in [2.45, 2.75) is 61.6 Å². The number of nitrogens with zero attached hydrogens (tertiary/aromatic N) is 2. The molecule has 1 aromatic rings. The summed E-state index contributed by atoms with van der Waals surface area (Å²) in [5.74, 6) is -2.48. The predicted molar refractivity (Wildman–Crippen MR) is 149 cm³/mol. The molecule has 0 saturated carbocycles. The van der Waals surface area contributed by atoms with Crippen LogP contribution in [0, 0.1) is 17.8 Å². The van der Waals surface area contributed by atoms with Crippen LogP contribution < -0.4 is 4.90 Å². The van der Waals surface area contributed by atoms with Gasteiger partial charge in [0.1, 0.15) is 6.04 Å². The fourth-order valence-corrected chi connectivity index (χ4v) is 8.86. The summed E-state index contributed by atoms with van der Waals surface area (Å²) in [6.07, 6.45) is 10.2.